The number of benzene rings is 1. The quantitative estimate of drug-likeness (QED) is 0.838. The number of amides is 1. The van der Waals surface area contributed by atoms with Crippen molar-refractivity contribution >= 4 is 11.9 Å². The predicted molar refractivity (Wildman–Crippen MR) is 69.2 cm³/mol. The maximum atomic E-state index is 12.0. The molecule has 0 unspecified atom stereocenters. The fourth-order valence-electron chi connectivity index (χ4n) is 1.67. The number of hydrogen-bond donors (Lipinski definition) is 1. The summed E-state index contributed by atoms with van der Waals surface area (Å²) >= 11 is 0. The lowest BCUT2D eigenvalue weighted by Gasteiger charge is -2.24. The van der Waals surface area contributed by atoms with E-state index in [1.165, 1.54) is 0 Å². The third-order valence-electron chi connectivity index (χ3n) is 3.03. The maximum Gasteiger partial charge on any atom is 0.303 e. The van der Waals surface area contributed by atoms with Gasteiger partial charge in [0.2, 0.25) is 5.91 Å². The molecule has 0 aliphatic rings. The molecule has 4 heteroatoms. The molecule has 1 atom stereocenters. The molecule has 0 bridgehead atoms. The lowest BCUT2D eigenvalue weighted by molar-refractivity contribution is -0.138. The van der Waals surface area contributed by atoms with E-state index in [2.05, 4.69) is 0 Å². The summed E-state index contributed by atoms with van der Waals surface area (Å²) in [6.45, 7) is 1.87. The molecule has 0 aliphatic carbocycles. The van der Waals surface area contributed by atoms with E-state index in [9.17, 15) is 9.59 Å². The van der Waals surface area contributed by atoms with Gasteiger partial charge in [0.1, 0.15) is 0 Å². The summed E-state index contributed by atoms with van der Waals surface area (Å²) in [5, 5.41) is 8.61. The van der Waals surface area contributed by atoms with Crippen molar-refractivity contribution in [2.75, 3.05) is 7.05 Å². The van der Waals surface area contributed by atoms with E-state index in [0.717, 1.165) is 5.56 Å². The summed E-state index contributed by atoms with van der Waals surface area (Å²) < 4.78 is 0. The minimum absolute atomic E-state index is 0.0130. The van der Waals surface area contributed by atoms with Crippen molar-refractivity contribution in [2.45, 2.75) is 32.2 Å². The molecular weight excluding hydrogens is 230 g/mol. The van der Waals surface area contributed by atoms with Crippen LogP contribution in [0, 0.1) is 0 Å². The van der Waals surface area contributed by atoms with Gasteiger partial charge in [-0.15, -0.1) is 0 Å². The first-order chi connectivity index (χ1) is 8.50. The number of likely N-dealkylation sites (N-methyl/N-ethyl adjacent to an activating group) is 1. The van der Waals surface area contributed by atoms with Crippen LogP contribution < -0.4 is 0 Å². The predicted octanol–water partition coefficient (Wildman–Crippen LogP) is 1.94. The number of carbonyl (C=O) groups excluding carboxylic acids is 1. The van der Waals surface area contributed by atoms with Gasteiger partial charge < -0.3 is 10.0 Å². The maximum absolute atomic E-state index is 12.0. The third kappa shape index (κ3) is 4.57. The smallest absolute Gasteiger partial charge is 0.303 e. The Morgan fingerprint density at radius 2 is 1.89 bits per heavy atom. The number of aliphatic carboxylic acids is 1. The van der Waals surface area contributed by atoms with Crippen molar-refractivity contribution in [3.05, 3.63) is 35.9 Å². The van der Waals surface area contributed by atoms with Crippen LogP contribution in [0.15, 0.2) is 30.3 Å². The van der Waals surface area contributed by atoms with Gasteiger partial charge in [0, 0.05) is 19.5 Å². The van der Waals surface area contributed by atoms with Crippen LogP contribution >= 0.6 is 0 Å². The molecule has 0 heterocycles. The monoisotopic (exact) mass is 249 g/mol. The van der Waals surface area contributed by atoms with Crippen LogP contribution in [0.1, 0.15) is 25.3 Å². The average Bonchev–Trinajstić information content (AvgIpc) is 2.36. The van der Waals surface area contributed by atoms with Crippen molar-refractivity contribution in [3.8, 4) is 0 Å². The Bertz CT molecular complexity index is 403. The molecule has 1 amide bonds. The highest BCUT2D eigenvalue weighted by Gasteiger charge is 2.16. The zero-order valence-corrected chi connectivity index (χ0v) is 10.8. The van der Waals surface area contributed by atoms with Crippen molar-refractivity contribution < 1.29 is 14.7 Å². The molecule has 1 rings (SSSR count). The Balaban J connectivity index is 2.48. The fourth-order valence-corrected chi connectivity index (χ4v) is 1.67. The first-order valence-corrected chi connectivity index (χ1v) is 6.02. The standard InChI is InChI=1S/C14H19NO3/c1-11(8-9-14(17)18)15(2)13(16)10-12-6-4-3-5-7-12/h3-7,11H,8-10H2,1-2H3,(H,17,18)/t11-/m0/s1. The second-order valence-corrected chi connectivity index (χ2v) is 4.45. The molecule has 0 radical (unpaired) electrons. The average molecular weight is 249 g/mol. The zero-order valence-electron chi connectivity index (χ0n) is 10.8. The van der Waals surface area contributed by atoms with E-state index in [4.69, 9.17) is 5.11 Å². The van der Waals surface area contributed by atoms with Crippen LogP contribution in [0.3, 0.4) is 0 Å². The molecule has 0 aromatic heterocycles. The minimum Gasteiger partial charge on any atom is -0.481 e. The van der Waals surface area contributed by atoms with Gasteiger partial charge in [-0.25, -0.2) is 0 Å². The van der Waals surface area contributed by atoms with Crippen LogP contribution in [0.5, 0.6) is 0 Å². The normalized spacial score (nSPS) is 11.9. The second kappa shape index (κ2) is 6.79. The van der Waals surface area contributed by atoms with E-state index in [-0.39, 0.29) is 18.4 Å². The Morgan fingerprint density at radius 1 is 1.28 bits per heavy atom. The molecule has 1 N–H and O–H groups in total. The van der Waals surface area contributed by atoms with E-state index in [1.807, 2.05) is 37.3 Å². The van der Waals surface area contributed by atoms with Crippen LogP contribution in [0.2, 0.25) is 0 Å². The molecule has 0 saturated heterocycles. The van der Waals surface area contributed by atoms with Gasteiger partial charge in [-0.2, -0.15) is 0 Å². The van der Waals surface area contributed by atoms with E-state index in [1.54, 1.807) is 11.9 Å². The van der Waals surface area contributed by atoms with Gasteiger partial charge in [-0.05, 0) is 18.9 Å². The molecule has 98 valence electrons. The molecule has 18 heavy (non-hydrogen) atoms. The molecule has 1 aromatic carbocycles. The first kappa shape index (κ1) is 14.2. The SMILES string of the molecule is C[C@@H](CCC(=O)O)N(C)C(=O)Cc1ccccc1. The van der Waals surface area contributed by atoms with Crippen LogP contribution in [0.25, 0.3) is 0 Å². The summed E-state index contributed by atoms with van der Waals surface area (Å²) in [7, 11) is 1.72. The summed E-state index contributed by atoms with van der Waals surface area (Å²) in [5.74, 6) is -0.815. The lowest BCUT2D eigenvalue weighted by Crippen LogP contribution is -2.36. The van der Waals surface area contributed by atoms with Crippen LogP contribution in [-0.2, 0) is 16.0 Å². The summed E-state index contributed by atoms with van der Waals surface area (Å²) in [6, 6.07) is 9.47. The topological polar surface area (TPSA) is 57.6 Å². The van der Waals surface area contributed by atoms with Gasteiger partial charge >= 0.3 is 5.97 Å². The number of carboxylic acids is 1. The minimum atomic E-state index is -0.828. The number of carboxylic acid groups (broad SMARTS) is 1. The largest absolute Gasteiger partial charge is 0.481 e. The molecule has 4 nitrogen and oxygen atoms in total. The highest BCUT2D eigenvalue weighted by Crippen LogP contribution is 2.08. The summed E-state index contributed by atoms with van der Waals surface area (Å²) in [5.41, 5.74) is 0.972. The van der Waals surface area contributed by atoms with Gasteiger partial charge in [-0.1, -0.05) is 30.3 Å². The lowest BCUT2D eigenvalue weighted by atomic mass is 10.1. The molecule has 0 fully saturated rings. The molecule has 0 spiro atoms. The van der Waals surface area contributed by atoms with Gasteiger partial charge in [-0.3, -0.25) is 9.59 Å². The third-order valence-corrected chi connectivity index (χ3v) is 3.03. The number of hydrogen-bond acceptors (Lipinski definition) is 2. The zero-order chi connectivity index (χ0) is 13.5. The highest BCUT2D eigenvalue weighted by molar-refractivity contribution is 5.78. The number of nitrogens with zero attached hydrogens (tertiary/aromatic N) is 1. The summed E-state index contributed by atoms with van der Waals surface area (Å²) in [4.78, 5) is 24.1. The molecule has 0 saturated carbocycles. The molecular formula is C14H19NO3. The summed E-state index contributed by atoms with van der Waals surface area (Å²) in [6.07, 6.45) is 0.922. The van der Waals surface area contributed by atoms with Crippen LogP contribution in [-0.4, -0.2) is 35.0 Å². The number of carbonyl (C=O) groups is 2. The molecule has 1 aromatic rings. The Labute approximate surface area is 107 Å². The Hall–Kier alpha value is -1.84. The fraction of sp³-hybridized carbons (Fsp3) is 0.429. The van der Waals surface area contributed by atoms with Gasteiger partial charge in [0.25, 0.3) is 0 Å². The van der Waals surface area contributed by atoms with Crippen molar-refractivity contribution in [1.82, 2.24) is 4.90 Å². The van der Waals surface area contributed by atoms with Gasteiger partial charge in [0.05, 0.1) is 6.42 Å². The van der Waals surface area contributed by atoms with Crippen molar-refractivity contribution in [2.24, 2.45) is 0 Å². The van der Waals surface area contributed by atoms with E-state index >= 15 is 0 Å². The highest BCUT2D eigenvalue weighted by atomic mass is 16.4. The molecule has 0 aliphatic heterocycles. The van der Waals surface area contributed by atoms with Crippen LogP contribution in [0.4, 0.5) is 0 Å². The number of rotatable bonds is 6. The van der Waals surface area contributed by atoms with Gasteiger partial charge in [0.15, 0.2) is 0 Å². The Kier molecular flexibility index (Phi) is 5.36. The van der Waals surface area contributed by atoms with E-state index < -0.39 is 5.97 Å². The van der Waals surface area contributed by atoms with Crippen molar-refractivity contribution in [1.29, 1.82) is 0 Å². The Morgan fingerprint density at radius 3 is 2.44 bits per heavy atom. The van der Waals surface area contributed by atoms with Crippen molar-refractivity contribution in [3.63, 3.8) is 0 Å². The first-order valence-electron chi connectivity index (χ1n) is 6.02. The van der Waals surface area contributed by atoms with E-state index in [0.29, 0.717) is 12.8 Å². The second-order valence-electron chi connectivity index (χ2n) is 4.45.